The zero-order chi connectivity index (χ0) is 24.9. The van der Waals surface area contributed by atoms with Gasteiger partial charge >= 0.3 is 0 Å². The number of piperidine rings is 1. The van der Waals surface area contributed by atoms with Crippen LogP contribution in [0.1, 0.15) is 68.8 Å². The number of anilines is 1. The molecule has 0 aliphatic carbocycles. The summed E-state index contributed by atoms with van der Waals surface area (Å²) in [5, 5.41) is 2.71. The van der Waals surface area contributed by atoms with Crippen molar-refractivity contribution in [1.82, 2.24) is 4.31 Å². The minimum Gasteiger partial charge on any atom is -0.495 e. The first-order chi connectivity index (χ1) is 16.0. The van der Waals surface area contributed by atoms with Gasteiger partial charge in [-0.2, -0.15) is 4.31 Å². The van der Waals surface area contributed by atoms with Gasteiger partial charge in [-0.1, -0.05) is 51.5 Å². The van der Waals surface area contributed by atoms with Gasteiger partial charge in [-0.05, 0) is 42.0 Å². The summed E-state index contributed by atoms with van der Waals surface area (Å²) in [6.07, 6.45) is 2.73. The van der Waals surface area contributed by atoms with Crippen molar-refractivity contribution in [3.05, 3.63) is 53.6 Å². The number of Topliss-reactive ketones (excluding diaryl/α,β-unsaturated/α-hetero) is 1. The van der Waals surface area contributed by atoms with E-state index in [2.05, 4.69) is 26.1 Å². The molecule has 0 atom stereocenters. The molecule has 0 aromatic heterocycles. The first-order valence-electron chi connectivity index (χ1n) is 11.6. The number of ketones is 1. The topological polar surface area (TPSA) is 92.8 Å². The molecule has 1 amide bonds. The molecule has 7 nitrogen and oxygen atoms in total. The maximum absolute atomic E-state index is 13.2. The lowest BCUT2D eigenvalue weighted by molar-refractivity contribution is -0.116. The van der Waals surface area contributed by atoms with Gasteiger partial charge in [0.1, 0.15) is 10.6 Å². The minimum atomic E-state index is -3.74. The van der Waals surface area contributed by atoms with E-state index in [0.717, 1.165) is 24.8 Å². The number of rotatable bonds is 8. The summed E-state index contributed by atoms with van der Waals surface area (Å²) in [4.78, 5) is 25.1. The van der Waals surface area contributed by atoms with Crippen molar-refractivity contribution >= 4 is 27.4 Å². The quantitative estimate of drug-likeness (QED) is 0.543. The van der Waals surface area contributed by atoms with Crippen molar-refractivity contribution < 1.29 is 22.7 Å². The number of hydrogen-bond donors (Lipinski definition) is 1. The number of methoxy groups -OCH3 is 1. The second-order valence-electron chi connectivity index (χ2n) is 9.63. The van der Waals surface area contributed by atoms with Crippen LogP contribution in [0.3, 0.4) is 0 Å². The van der Waals surface area contributed by atoms with E-state index in [0.29, 0.717) is 24.3 Å². The molecule has 1 heterocycles. The van der Waals surface area contributed by atoms with Crippen LogP contribution in [0, 0.1) is 0 Å². The predicted octanol–water partition coefficient (Wildman–Crippen LogP) is 4.77. The fourth-order valence-electron chi connectivity index (χ4n) is 3.95. The summed E-state index contributed by atoms with van der Waals surface area (Å²) in [6.45, 7) is 7.27. The summed E-state index contributed by atoms with van der Waals surface area (Å²) in [5.41, 5.74) is 2.06. The SMILES string of the molecule is COc1ccc(NC(=O)CCC(=O)c2ccc(C(C)(C)C)cc2)cc1S(=O)(=O)N1CCCCC1. The lowest BCUT2D eigenvalue weighted by atomic mass is 9.86. The molecule has 0 bridgehead atoms. The zero-order valence-electron chi connectivity index (χ0n) is 20.4. The van der Waals surface area contributed by atoms with Gasteiger partial charge in [0.05, 0.1) is 7.11 Å². The first-order valence-corrected chi connectivity index (χ1v) is 13.1. The van der Waals surface area contributed by atoms with E-state index in [9.17, 15) is 18.0 Å². The molecule has 184 valence electrons. The average molecular weight is 487 g/mol. The molecule has 3 rings (SSSR count). The Labute approximate surface area is 202 Å². The van der Waals surface area contributed by atoms with Gasteiger partial charge in [0.2, 0.25) is 15.9 Å². The van der Waals surface area contributed by atoms with E-state index >= 15 is 0 Å². The predicted molar refractivity (Wildman–Crippen MR) is 133 cm³/mol. The molecule has 1 N–H and O–H groups in total. The Hall–Kier alpha value is -2.71. The zero-order valence-corrected chi connectivity index (χ0v) is 21.2. The van der Waals surface area contributed by atoms with Crippen molar-refractivity contribution in [3.63, 3.8) is 0 Å². The van der Waals surface area contributed by atoms with E-state index < -0.39 is 10.0 Å². The fraction of sp³-hybridized carbons (Fsp3) is 0.462. The smallest absolute Gasteiger partial charge is 0.246 e. The molecule has 1 fully saturated rings. The van der Waals surface area contributed by atoms with E-state index in [1.165, 1.54) is 23.5 Å². The van der Waals surface area contributed by atoms with Crippen LogP contribution in [0.15, 0.2) is 47.4 Å². The maximum atomic E-state index is 13.2. The van der Waals surface area contributed by atoms with Crippen molar-refractivity contribution in [2.24, 2.45) is 0 Å². The number of sulfonamides is 1. The highest BCUT2D eigenvalue weighted by atomic mass is 32.2. The van der Waals surface area contributed by atoms with Crippen LogP contribution >= 0.6 is 0 Å². The molecule has 0 radical (unpaired) electrons. The number of benzene rings is 2. The van der Waals surface area contributed by atoms with Gasteiger partial charge in [0, 0.05) is 37.2 Å². The van der Waals surface area contributed by atoms with Crippen LogP contribution in [0.4, 0.5) is 5.69 Å². The second-order valence-corrected chi connectivity index (χ2v) is 11.5. The van der Waals surface area contributed by atoms with Crippen molar-refractivity contribution in [3.8, 4) is 5.75 Å². The highest BCUT2D eigenvalue weighted by Crippen LogP contribution is 2.31. The lowest BCUT2D eigenvalue weighted by Gasteiger charge is -2.26. The molecule has 1 saturated heterocycles. The third-order valence-corrected chi connectivity index (χ3v) is 7.95. The van der Waals surface area contributed by atoms with Gasteiger partial charge in [0.25, 0.3) is 0 Å². The molecule has 1 aliphatic rings. The van der Waals surface area contributed by atoms with Gasteiger partial charge < -0.3 is 10.1 Å². The van der Waals surface area contributed by atoms with E-state index in [-0.39, 0.29) is 40.6 Å². The summed E-state index contributed by atoms with van der Waals surface area (Å²) in [7, 11) is -2.32. The standard InChI is InChI=1S/C26H34N2O5S/c1-26(2,3)20-10-8-19(9-11-20)22(29)13-15-25(30)27-21-12-14-23(33-4)24(18-21)34(31,32)28-16-6-5-7-17-28/h8-12,14,18H,5-7,13,15-17H2,1-4H3,(H,27,30). The Bertz CT molecular complexity index is 1130. The largest absolute Gasteiger partial charge is 0.495 e. The molecule has 0 saturated carbocycles. The molecule has 8 heteroatoms. The summed E-state index contributed by atoms with van der Waals surface area (Å²) >= 11 is 0. The van der Waals surface area contributed by atoms with Crippen LogP contribution in [0.5, 0.6) is 5.75 Å². The fourth-order valence-corrected chi connectivity index (χ4v) is 5.65. The van der Waals surface area contributed by atoms with Crippen molar-refractivity contribution in [1.29, 1.82) is 0 Å². The van der Waals surface area contributed by atoms with Gasteiger partial charge in [-0.15, -0.1) is 0 Å². The monoisotopic (exact) mass is 486 g/mol. The normalized spacial score (nSPS) is 15.1. The molecule has 2 aromatic carbocycles. The number of ether oxygens (including phenoxy) is 1. The molecule has 1 aliphatic heterocycles. The maximum Gasteiger partial charge on any atom is 0.246 e. The van der Waals surface area contributed by atoms with Crippen LogP contribution in [0.25, 0.3) is 0 Å². The van der Waals surface area contributed by atoms with Crippen LogP contribution < -0.4 is 10.1 Å². The number of carbonyl (C=O) groups is 2. The molecule has 34 heavy (non-hydrogen) atoms. The third-order valence-electron chi connectivity index (χ3n) is 6.03. The highest BCUT2D eigenvalue weighted by molar-refractivity contribution is 7.89. The van der Waals surface area contributed by atoms with Crippen LogP contribution in [-0.4, -0.2) is 44.6 Å². The summed E-state index contributed by atoms with van der Waals surface area (Å²) in [6, 6.07) is 12.0. The second kappa shape index (κ2) is 10.7. The lowest BCUT2D eigenvalue weighted by Crippen LogP contribution is -2.35. The Morgan fingerprint density at radius 3 is 2.21 bits per heavy atom. The minimum absolute atomic E-state index is 0.0000924. The average Bonchev–Trinajstić information content (AvgIpc) is 2.82. The third kappa shape index (κ3) is 6.24. The number of carbonyl (C=O) groups excluding carboxylic acids is 2. The summed E-state index contributed by atoms with van der Waals surface area (Å²) in [5.74, 6) is -0.234. The Morgan fingerprint density at radius 2 is 1.62 bits per heavy atom. The van der Waals surface area contributed by atoms with Crippen LogP contribution in [0.2, 0.25) is 0 Å². The Kier molecular flexibility index (Phi) is 8.15. The van der Waals surface area contributed by atoms with E-state index in [4.69, 9.17) is 4.74 Å². The molecule has 0 spiro atoms. The molecular weight excluding hydrogens is 452 g/mol. The highest BCUT2D eigenvalue weighted by Gasteiger charge is 2.29. The Balaban J connectivity index is 1.65. The molecular formula is C26H34N2O5S. The van der Waals surface area contributed by atoms with Gasteiger partial charge in [-0.3, -0.25) is 9.59 Å². The Morgan fingerprint density at radius 1 is 0.971 bits per heavy atom. The van der Waals surface area contributed by atoms with Crippen LogP contribution in [-0.2, 0) is 20.2 Å². The summed E-state index contributed by atoms with van der Waals surface area (Å²) < 4.78 is 33.0. The number of nitrogens with one attached hydrogen (secondary N) is 1. The molecule has 0 unspecified atom stereocenters. The van der Waals surface area contributed by atoms with Gasteiger partial charge in [0.15, 0.2) is 5.78 Å². The van der Waals surface area contributed by atoms with E-state index in [1.54, 1.807) is 18.2 Å². The van der Waals surface area contributed by atoms with E-state index in [1.807, 2.05) is 12.1 Å². The number of hydrogen-bond acceptors (Lipinski definition) is 5. The number of amides is 1. The number of nitrogens with zero attached hydrogens (tertiary/aromatic N) is 1. The van der Waals surface area contributed by atoms with Gasteiger partial charge in [-0.25, -0.2) is 8.42 Å². The molecule has 2 aromatic rings. The van der Waals surface area contributed by atoms with Crippen molar-refractivity contribution in [2.45, 2.75) is 63.2 Å². The van der Waals surface area contributed by atoms with Crippen molar-refractivity contribution in [2.75, 3.05) is 25.5 Å². The first kappa shape index (κ1) is 25.9.